The number of hydrogen-bond acceptors (Lipinski definition) is 3. The quantitative estimate of drug-likeness (QED) is 0.867. The van der Waals surface area contributed by atoms with Gasteiger partial charge in [-0.05, 0) is 79.9 Å². The van der Waals surface area contributed by atoms with Crippen molar-refractivity contribution in [3.8, 4) is 11.5 Å². The molecule has 4 heteroatoms. The first kappa shape index (κ1) is 14.8. The number of piperidine rings is 1. The highest BCUT2D eigenvalue weighted by molar-refractivity contribution is 9.10. The Morgan fingerprint density at radius 2 is 1.64 bits per heavy atom. The van der Waals surface area contributed by atoms with Crippen LogP contribution in [-0.4, -0.2) is 26.3 Å². The third-order valence-corrected chi connectivity index (χ3v) is 6.08. The molecule has 0 spiro atoms. The van der Waals surface area contributed by atoms with Crippen molar-refractivity contribution in [2.75, 3.05) is 26.3 Å². The van der Waals surface area contributed by atoms with Crippen LogP contribution in [0.2, 0.25) is 0 Å². The lowest BCUT2D eigenvalue weighted by Crippen LogP contribution is -2.29. The van der Waals surface area contributed by atoms with E-state index in [-0.39, 0.29) is 0 Å². The van der Waals surface area contributed by atoms with Crippen molar-refractivity contribution >= 4 is 15.9 Å². The minimum absolute atomic E-state index is 0.781. The summed E-state index contributed by atoms with van der Waals surface area (Å²) in [4.78, 5) is 0. The van der Waals surface area contributed by atoms with Gasteiger partial charge in [-0.3, -0.25) is 0 Å². The number of rotatable bonds is 2. The molecule has 0 aromatic heterocycles. The van der Waals surface area contributed by atoms with Gasteiger partial charge in [0.25, 0.3) is 0 Å². The lowest BCUT2D eigenvalue weighted by atomic mass is 9.84. The molecule has 0 atom stereocenters. The first-order valence-electron chi connectivity index (χ1n) is 8.67. The monoisotopic (exact) mass is 365 g/mol. The molecule has 0 saturated carbocycles. The number of ether oxygens (including phenoxy) is 2. The fraction of sp³-hybridized carbons (Fsp3) is 0.667. The average molecular weight is 366 g/mol. The summed E-state index contributed by atoms with van der Waals surface area (Å²) in [5, 5.41) is 3.47. The van der Waals surface area contributed by atoms with Crippen LogP contribution >= 0.6 is 15.9 Å². The van der Waals surface area contributed by atoms with E-state index in [4.69, 9.17) is 9.47 Å². The summed E-state index contributed by atoms with van der Waals surface area (Å²) in [6.45, 7) is 4.02. The molecule has 1 saturated heterocycles. The lowest BCUT2D eigenvalue weighted by Gasteiger charge is -2.31. The van der Waals surface area contributed by atoms with E-state index in [0.29, 0.717) is 0 Å². The lowest BCUT2D eigenvalue weighted by molar-refractivity contribution is 0.263. The zero-order valence-electron chi connectivity index (χ0n) is 13.0. The van der Waals surface area contributed by atoms with Crippen LogP contribution in [0.4, 0.5) is 0 Å². The molecule has 3 aliphatic rings. The third kappa shape index (κ3) is 2.65. The normalized spacial score (nSPS) is 21.5. The van der Waals surface area contributed by atoms with E-state index in [9.17, 15) is 0 Å². The number of benzene rings is 1. The maximum atomic E-state index is 6.14. The molecule has 3 heterocycles. The number of nitrogens with one attached hydrogen (secondary N) is 1. The summed E-state index contributed by atoms with van der Waals surface area (Å²) < 4.78 is 13.3. The predicted molar refractivity (Wildman–Crippen MR) is 91.1 cm³/mol. The molecular weight excluding hydrogens is 342 g/mol. The number of halogens is 1. The molecule has 120 valence electrons. The van der Waals surface area contributed by atoms with Crippen molar-refractivity contribution in [1.29, 1.82) is 0 Å². The van der Waals surface area contributed by atoms with Crippen molar-refractivity contribution in [3.63, 3.8) is 0 Å². The summed E-state index contributed by atoms with van der Waals surface area (Å²) >= 11 is 3.80. The van der Waals surface area contributed by atoms with Gasteiger partial charge >= 0.3 is 0 Å². The van der Waals surface area contributed by atoms with E-state index in [1.165, 1.54) is 35.3 Å². The van der Waals surface area contributed by atoms with Crippen LogP contribution in [0.5, 0.6) is 11.5 Å². The van der Waals surface area contributed by atoms with E-state index >= 15 is 0 Å². The van der Waals surface area contributed by atoms with Gasteiger partial charge in [-0.15, -0.1) is 0 Å². The van der Waals surface area contributed by atoms with Crippen LogP contribution in [0.1, 0.15) is 42.4 Å². The Balaban J connectivity index is 1.77. The fourth-order valence-electron chi connectivity index (χ4n) is 4.07. The Bertz CT molecular complexity index is 530. The molecule has 3 nitrogen and oxygen atoms in total. The standard InChI is InChI=1S/C18H24BrNO2/c19-16-14-4-2-9-21-17(14)15(11-12-5-7-20-8-6-12)13-3-1-10-22-18(13)16/h12,20H,1-11H2. The van der Waals surface area contributed by atoms with Gasteiger partial charge in [0.15, 0.2) is 0 Å². The SMILES string of the molecule is Brc1c2c(c(CC3CCNCC3)c3c1OCCC3)OCCC2. The van der Waals surface area contributed by atoms with Gasteiger partial charge in [-0.2, -0.15) is 0 Å². The molecule has 0 aliphatic carbocycles. The largest absolute Gasteiger partial charge is 0.493 e. The van der Waals surface area contributed by atoms with Crippen LogP contribution in [-0.2, 0) is 19.3 Å². The Hall–Kier alpha value is -0.740. The number of fused-ring (bicyclic) bond motifs is 2. The highest BCUT2D eigenvalue weighted by Crippen LogP contribution is 2.47. The summed E-state index contributed by atoms with van der Waals surface area (Å²) in [7, 11) is 0. The van der Waals surface area contributed by atoms with Gasteiger partial charge in [0.1, 0.15) is 11.5 Å². The second-order valence-corrected chi connectivity index (χ2v) is 7.50. The van der Waals surface area contributed by atoms with Crippen LogP contribution in [0.25, 0.3) is 0 Å². The Morgan fingerprint density at radius 3 is 2.41 bits per heavy atom. The predicted octanol–water partition coefficient (Wildman–Crippen LogP) is 3.64. The molecule has 1 aromatic rings. The Labute approximate surface area is 140 Å². The van der Waals surface area contributed by atoms with Gasteiger partial charge in [-0.25, -0.2) is 0 Å². The number of hydrogen-bond donors (Lipinski definition) is 1. The van der Waals surface area contributed by atoms with E-state index < -0.39 is 0 Å². The zero-order valence-corrected chi connectivity index (χ0v) is 14.6. The van der Waals surface area contributed by atoms with Crippen molar-refractivity contribution in [3.05, 3.63) is 21.2 Å². The molecule has 3 aliphatic heterocycles. The Kier molecular flexibility index (Phi) is 4.32. The van der Waals surface area contributed by atoms with Gasteiger partial charge in [-0.1, -0.05) is 0 Å². The van der Waals surface area contributed by atoms with Crippen LogP contribution in [0, 0.1) is 5.92 Å². The third-order valence-electron chi connectivity index (χ3n) is 5.24. The van der Waals surface area contributed by atoms with Crippen LogP contribution < -0.4 is 14.8 Å². The second-order valence-electron chi connectivity index (χ2n) is 6.71. The molecule has 0 bridgehead atoms. The molecule has 1 fully saturated rings. The molecule has 0 amide bonds. The summed E-state index contributed by atoms with van der Waals surface area (Å²) in [5.41, 5.74) is 4.22. The average Bonchev–Trinajstić information content (AvgIpc) is 2.59. The molecule has 22 heavy (non-hydrogen) atoms. The second kappa shape index (κ2) is 6.40. The van der Waals surface area contributed by atoms with E-state index in [2.05, 4.69) is 21.2 Å². The summed E-state index contributed by atoms with van der Waals surface area (Å²) in [6, 6.07) is 0. The molecule has 1 aromatic carbocycles. The van der Waals surface area contributed by atoms with Crippen LogP contribution in [0.15, 0.2) is 4.47 Å². The van der Waals surface area contributed by atoms with Crippen molar-refractivity contribution in [2.45, 2.75) is 44.9 Å². The topological polar surface area (TPSA) is 30.5 Å². The van der Waals surface area contributed by atoms with Crippen molar-refractivity contribution < 1.29 is 9.47 Å². The van der Waals surface area contributed by atoms with Gasteiger partial charge < -0.3 is 14.8 Å². The van der Waals surface area contributed by atoms with Gasteiger partial charge in [0.2, 0.25) is 0 Å². The maximum absolute atomic E-state index is 6.14. The zero-order chi connectivity index (χ0) is 14.9. The van der Waals surface area contributed by atoms with E-state index in [0.717, 1.165) is 74.5 Å². The molecule has 0 radical (unpaired) electrons. The van der Waals surface area contributed by atoms with E-state index in [1.54, 1.807) is 0 Å². The fourth-order valence-corrected chi connectivity index (χ4v) is 4.81. The highest BCUT2D eigenvalue weighted by atomic mass is 79.9. The molecule has 4 rings (SSSR count). The van der Waals surface area contributed by atoms with Gasteiger partial charge in [0.05, 0.1) is 17.7 Å². The van der Waals surface area contributed by atoms with E-state index in [1.807, 2.05) is 0 Å². The molecule has 0 unspecified atom stereocenters. The van der Waals surface area contributed by atoms with Crippen molar-refractivity contribution in [2.24, 2.45) is 5.92 Å². The Morgan fingerprint density at radius 1 is 0.955 bits per heavy atom. The van der Waals surface area contributed by atoms with Crippen molar-refractivity contribution in [1.82, 2.24) is 5.32 Å². The van der Waals surface area contributed by atoms with Gasteiger partial charge in [0, 0.05) is 16.7 Å². The highest BCUT2D eigenvalue weighted by Gasteiger charge is 2.29. The smallest absolute Gasteiger partial charge is 0.137 e. The van der Waals surface area contributed by atoms with Crippen LogP contribution in [0.3, 0.4) is 0 Å². The first-order chi connectivity index (χ1) is 10.8. The minimum atomic E-state index is 0.781. The summed E-state index contributed by atoms with van der Waals surface area (Å²) in [5.74, 6) is 3.07. The maximum Gasteiger partial charge on any atom is 0.137 e. The molecular formula is C18H24BrNO2. The molecule has 1 N–H and O–H groups in total. The summed E-state index contributed by atoms with van der Waals surface area (Å²) in [6.07, 6.45) is 8.18. The first-order valence-corrected chi connectivity index (χ1v) is 9.46. The minimum Gasteiger partial charge on any atom is -0.493 e.